The number of benzene rings is 4. The largest absolute Gasteiger partial charge is 0.508 e. The van der Waals surface area contributed by atoms with E-state index in [1.165, 1.54) is 30.6 Å². The van der Waals surface area contributed by atoms with E-state index in [4.69, 9.17) is 36.1 Å². The molecule has 8 N–H and O–H groups in total. The summed E-state index contributed by atoms with van der Waals surface area (Å²) in [6.07, 6.45) is 2.95. The molecular weight excluding hydrogens is 965 g/mol. The van der Waals surface area contributed by atoms with Gasteiger partial charge in [0.15, 0.2) is 11.5 Å². The summed E-state index contributed by atoms with van der Waals surface area (Å²) in [6, 6.07) is 18.9. The fourth-order valence-corrected chi connectivity index (χ4v) is 9.30. The molecule has 0 atom stereocenters. The molecule has 390 valence electrons. The van der Waals surface area contributed by atoms with Gasteiger partial charge in [-0.2, -0.15) is 4.99 Å². The number of piperazine rings is 2. The second kappa shape index (κ2) is 22.0. The standard InChI is InChI=1S/C52H58N14O9/c1-31(2)38-27-39(41(68)28-40(38)67)45(53)66(50(55)71)35-7-5-32(6-8-35)48(70)63-24-22-62(23-25-63)34-9-11-36(12-10-34)75-52(72)64-20-18-61(19-21-64)16-4-26-74-42-14-13-37-43(44(42)73-3)59-51(65-17-15-56-46(37)65)60-47(69)33-29-57-49(54)58-30-33/h5-14,27-31,53,56,67-68H,4,15-26H2,1-3H3,(H2,55,71)(H2,54,57,58). The van der Waals surface area contributed by atoms with Crippen LogP contribution in [-0.4, -0.2) is 153 Å². The Morgan fingerprint density at radius 1 is 0.853 bits per heavy atom. The maximum absolute atomic E-state index is 13.6. The molecule has 4 aromatic carbocycles. The van der Waals surface area contributed by atoms with Crippen molar-refractivity contribution in [3.05, 3.63) is 113 Å². The lowest BCUT2D eigenvalue weighted by Crippen LogP contribution is -2.49. The van der Waals surface area contributed by atoms with E-state index >= 15 is 0 Å². The Morgan fingerprint density at radius 3 is 2.21 bits per heavy atom. The van der Waals surface area contributed by atoms with Crippen molar-refractivity contribution in [2.75, 3.05) is 100 Å². The lowest BCUT2D eigenvalue weighted by atomic mass is 9.98. The van der Waals surface area contributed by atoms with Crippen LogP contribution in [0.25, 0.3) is 10.9 Å². The van der Waals surface area contributed by atoms with E-state index in [9.17, 15) is 29.4 Å². The third-order valence-electron chi connectivity index (χ3n) is 13.3. The number of aromatic nitrogens is 4. The van der Waals surface area contributed by atoms with E-state index in [2.05, 4.69) is 30.1 Å². The Hall–Kier alpha value is -8.99. The smallest absolute Gasteiger partial charge is 0.415 e. The highest BCUT2D eigenvalue weighted by atomic mass is 16.6. The third kappa shape index (κ3) is 11.0. The van der Waals surface area contributed by atoms with Gasteiger partial charge >= 0.3 is 12.1 Å². The van der Waals surface area contributed by atoms with Gasteiger partial charge in [-0.15, -0.1) is 0 Å². The van der Waals surface area contributed by atoms with Crippen molar-refractivity contribution in [1.29, 1.82) is 5.41 Å². The average Bonchev–Trinajstić information content (AvgIpc) is 3.91. The number of phenols is 2. The first-order chi connectivity index (χ1) is 36.2. The summed E-state index contributed by atoms with van der Waals surface area (Å²) in [5.74, 6) is 0.426. The second-order valence-corrected chi connectivity index (χ2v) is 18.4. The van der Waals surface area contributed by atoms with Crippen LogP contribution in [0.5, 0.6) is 28.7 Å². The number of nitrogens with one attached hydrogen (secondary N) is 2. The number of urea groups is 1. The number of phenolic OH excluding ortho intramolecular Hbond substituents is 2. The summed E-state index contributed by atoms with van der Waals surface area (Å²) in [5, 5.41) is 33.7. The highest BCUT2D eigenvalue weighted by Crippen LogP contribution is 2.38. The number of hydrogen-bond donors (Lipinski definition) is 6. The number of carbonyl (C=O) groups is 4. The van der Waals surface area contributed by atoms with Crippen molar-refractivity contribution in [3.63, 3.8) is 0 Å². The van der Waals surface area contributed by atoms with Gasteiger partial charge in [0.2, 0.25) is 11.6 Å². The minimum atomic E-state index is -0.958. The summed E-state index contributed by atoms with van der Waals surface area (Å²) >= 11 is 0. The van der Waals surface area contributed by atoms with Crippen molar-refractivity contribution in [2.45, 2.75) is 32.7 Å². The van der Waals surface area contributed by atoms with Gasteiger partial charge in [0.1, 0.15) is 34.4 Å². The lowest BCUT2D eigenvalue weighted by molar-refractivity contribution is 0.0746. The zero-order valence-corrected chi connectivity index (χ0v) is 41.7. The number of fused-ring (bicyclic) bond motifs is 3. The first-order valence-electron chi connectivity index (χ1n) is 24.5. The number of anilines is 4. The van der Waals surface area contributed by atoms with E-state index in [-0.39, 0.29) is 57.5 Å². The maximum Gasteiger partial charge on any atom is 0.415 e. The summed E-state index contributed by atoms with van der Waals surface area (Å²) < 4.78 is 19.6. The monoisotopic (exact) mass is 1020 g/mol. The second-order valence-electron chi connectivity index (χ2n) is 18.4. The number of amides is 5. The van der Waals surface area contributed by atoms with Crippen LogP contribution < -0.4 is 46.4 Å². The quantitative estimate of drug-likeness (QED) is 0.0524. The summed E-state index contributed by atoms with van der Waals surface area (Å²) in [6.45, 7) is 10.5. The highest BCUT2D eigenvalue weighted by molar-refractivity contribution is 6.22. The molecule has 3 aliphatic rings. The number of nitrogens with two attached hydrogens (primary N) is 2. The molecule has 0 saturated carbocycles. The van der Waals surface area contributed by atoms with E-state index < -0.39 is 18.0 Å². The summed E-state index contributed by atoms with van der Waals surface area (Å²) in [7, 11) is 1.55. The number of carbonyl (C=O) groups excluding carboxylic acids is 4. The fourth-order valence-electron chi connectivity index (χ4n) is 9.30. The number of hydrogen-bond acceptors (Lipinski definition) is 17. The Bertz CT molecular complexity index is 3210. The Kier molecular flexibility index (Phi) is 14.9. The molecule has 23 nitrogen and oxygen atoms in total. The summed E-state index contributed by atoms with van der Waals surface area (Å²) in [5.41, 5.74) is 14.2. The van der Waals surface area contributed by atoms with E-state index in [0.29, 0.717) is 106 Å². The zero-order valence-electron chi connectivity index (χ0n) is 41.7. The Labute approximate surface area is 431 Å². The fraction of sp³-hybridized carbons (Fsp3) is 0.327. The molecule has 2 saturated heterocycles. The number of methoxy groups -OCH3 is 1. The van der Waals surface area contributed by atoms with Gasteiger partial charge in [-0.1, -0.05) is 13.8 Å². The average molecular weight is 1020 g/mol. The number of rotatable bonds is 13. The highest BCUT2D eigenvalue weighted by Gasteiger charge is 2.28. The van der Waals surface area contributed by atoms with Gasteiger partial charge < -0.3 is 55.9 Å². The van der Waals surface area contributed by atoms with Crippen LogP contribution in [0.15, 0.2) is 90.2 Å². The zero-order chi connectivity index (χ0) is 52.9. The number of aromatic hydroxyl groups is 2. The van der Waals surface area contributed by atoms with Crippen LogP contribution in [-0.2, 0) is 6.54 Å². The SMILES string of the molecule is COc1c(OCCCN2CCN(C(=O)Oc3ccc(N4CCN(C(=O)c5ccc(N(C(=N)c6cc(C(C)C)c(O)cc6O)C(N)=O)cc5)CC4)cc3)CC2)ccc2c3n(c(=NC(=O)c4cnc(N)nc4)nc12)CCN3. The van der Waals surface area contributed by atoms with Crippen LogP contribution in [0.4, 0.5) is 32.7 Å². The molecule has 5 heterocycles. The number of primary amides is 1. The first kappa shape index (κ1) is 50.9. The molecule has 75 heavy (non-hydrogen) atoms. The van der Waals surface area contributed by atoms with E-state index in [1.54, 1.807) is 41.2 Å². The molecule has 0 spiro atoms. The normalized spacial score (nSPS) is 14.9. The van der Waals surface area contributed by atoms with E-state index in [0.717, 1.165) is 40.8 Å². The van der Waals surface area contributed by atoms with Gasteiger partial charge in [-0.3, -0.25) is 24.5 Å². The van der Waals surface area contributed by atoms with E-state index in [1.807, 2.05) is 42.7 Å². The molecule has 5 amide bonds. The van der Waals surface area contributed by atoms with Crippen LogP contribution in [0.1, 0.15) is 58.0 Å². The molecule has 0 radical (unpaired) electrons. The molecule has 3 aliphatic heterocycles. The predicted octanol–water partition coefficient (Wildman–Crippen LogP) is 4.58. The van der Waals surface area contributed by atoms with Gasteiger partial charge in [0.05, 0.1) is 30.5 Å². The molecule has 2 aromatic heterocycles. The first-order valence-corrected chi connectivity index (χ1v) is 24.5. The predicted molar refractivity (Wildman–Crippen MR) is 279 cm³/mol. The molecule has 0 aliphatic carbocycles. The minimum absolute atomic E-state index is 0.0150. The van der Waals surface area contributed by atoms with Crippen molar-refractivity contribution >= 4 is 63.8 Å². The third-order valence-corrected chi connectivity index (χ3v) is 13.3. The Balaban J connectivity index is 0.717. The van der Waals surface area contributed by atoms with Crippen molar-refractivity contribution < 1.29 is 43.6 Å². The van der Waals surface area contributed by atoms with Crippen LogP contribution >= 0.6 is 0 Å². The van der Waals surface area contributed by atoms with Crippen LogP contribution in [0, 0.1) is 5.41 Å². The molecule has 9 rings (SSSR count). The van der Waals surface area contributed by atoms with Crippen molar-refractivity contribution in [1.82, 2.24) is 34.2 Å². The van der Waals surface area contributed by atoms with Crippen molar-refractivity contribution in [2.24, 2.45) is 10.7 Å². The number of nitrogen functional groups attached to an aromatic ring is 1. The molecule has 0 bridgehead atoms. The minimum Gasteiger partial charge on any atom is -0.508 e. The lowest BCUT2D eigenvalue weighted by Gasteiger charge is -2.36. The Morgan fingerprint density at radius 2 is 1.55 bits per heavy atom. The van der Waals surface area contributed by atoms with Crippen LogP contribution in [0.3, 0.4) is 0 Å². The van der Waals surface area contributed by atoms with Crippen LogP contribution in [0.2, 0.25) is 0 Å². The van der Waals surface area contributed by atoms with Gasteiger partial charge in [-0.25, -0.2) is 29.4 Å². The number of ether oxygens (including phenoxy) is 3. The summed E-state index contributed by atoms with van der Waals surface area (Å²) in [4.78, 5) is 78.0. The number of nitrogens with zero attached hydrogens (tertiary/aromatic N) is 10. The molecular formula is C52H58N14O9. The van der Waals surface area contributed by atoms with Gasteiger partial charge in [0, 0.05) is 107 Å². The molecule has 6 aromatic rings. The van der Waals surface area contributed by atoms with Gasteiger partial charge in [-0.05, 0) is 84.6 Å². The van der Waals surface area contributed by atoms with Gasteiger partial charge in [0.25, 0.3) is 11.8 Å². The molecule has 23 heteroatoms. The molecule has 2 fully saturated rings. The number of amidine groups is 1. The maximum atomic E-state index is 13.6. The topological polar surface area (TPSA) is 297 Å². The van der Waals surface area contributed by atoms with Crippen molar-refractivity contribution in [3.8, 4) is 28.7 Å². The molecule has 0 unspecified atom stereocenters.